The molecular weight excluding hydrogens is 290 g/mol. The molecule has 3 heterocycles. The first-order chi connectivity index (χ1) is 9.86. The van der Waals surface area contributed by atoms with E-state index in [4.69, 9.17) is 0 Å². The van der Waals surface area contributed by atoms with Crippen molar-refractivity contribution in [3.63, 3.8) is 0 Å². The molecule has 5 nitrogen and oxygen atoms in total. The van der Waals surface area contributed by atoms with Gasteiger partial charge in [0.05, 0.1) is 0 Å². The van der Waals surface area contributed by atoms with Crippen molar-refractivity contribution in [3.8, 4) is 0 Å². The highest BCUT2D eigenvalue weighted by molar-refractivity contribution is 7.99. The van der Waals surface area contributed by atoms with Crippen LogP contribution < -0.4 is 5.32 Å². The zero-order valence-corrected chi connectivity index (χ0v) is 12.5. The third-order valence-electron chi connectivity index (χ3n) is 2.55. The smallest absolute Gasteiger partial charge is 0.225 e. The Morgan fingerprint density at radius 2 is 2.10 bits per heavy atom. The molecule has 0 saturated heterocycles. The van der Waals surface area contributed by atoms with Gasteiger partial charge >= 0.3 is 0 Å². The van der Waals surface area contributed by atoms with E-state index in [1.807, 2.05) is 11.4 Å². The fourth-order valence-corrected chi connectivity index (χ4v) is 3.28. The van der Waals surface area contributed by atoms with Crippen LogP contribution in [0, 0.1) is 0 Å². The summed E-state index contributed by atoms with van der Waals surface area (Å²) in [6, 6.07) is 3.84. The lowest BCUT2D eigenvalue weighted by atomic mass is 10.4. The second kappa shape index (κ2) is 6.15. The van der Waals surface area contributed by atoms with Crippen molar-refractivity contribution in [3.05, 3.63) is 29.9 Å². The lowest BCUT2D eigenvalue weighted by molar-refractivity contribution is 0.940. The molecule has 0 spiro atoms. The van der Waals surface area contributed by atoms with Gasteiger partial charge in [-0.25, -0.2) is 19.9 Å². The minimum atomic E-state index is 0.667. The average molecular weight is 303 g/mol. The fourth-order valence-electron chi connectivity index (χ4n) is 1.65. The first-order valence-electron chi connectivity index (χ1n) is 6.31. The van der Waals surface area contributed by atoms with Crippen LogP contribution in [-0.4, -0.2) is 26.5 Å². The van der Waals surface area contributed by atoms with Gasteiger partial charge in [0.1, 0.15) is 9.86 Å². The third kappa shape index (κ3) is 2.88. The van der Waals surface area contributed by atoms with Crippen LogP contribution in [0.2, 0.25) is 0 Å². The Bertz CT molecular complexity index is 698. The standard InChI is InChI=1S/C13H13N5S2/c1-2-5-14-12-17-10-9(4-8-19-10)11(18-12)20-13-15-6-3-7-16-13/h3-4,6-8H,2,5H2,1H3,(H,14,17,18). The SMILES string of the molecule is CCCNc1nc(Sc2ncccn2)c2ccsc2n1. The molecule has 7 heteroatoms. The van der Waals surface area contributed by atoms with E-state index in [-0.39, 0.29) is 0 Å². The molecule has 0 unspecified atom stereocenters. The average Bonchev–Trinajstić information content (AvgIpc) is 2.95. The van der Waals surface area contributed by atoms with E-state index in [9.17, 15) is 0 Å². The third-order valence-corrected chi connectivity index (χ3v) is 4.26. The number of aromatic nitrogens is 4. The maximum atomic E-state index is 4.57. The molecule has 3 aromatic rings. The normalized spacial score (nSPS) is 10.8. The van der Waals surface area contributed by atoms with Crippen molar-refractivity contribution in [1.29, 1.82) is 0 Å². The second-order valence-electron chi connectivity index (χ2n) is 4.05. The van der Waals surface area contributed by atoms with Crippen molar-refractivity contribution in [1.82, 2.24) is 19.9 Å². The summed E-state index contributed by atoms with van der Waals surface area (Å²) < 4.78 is 0. The van der Waals surface area contributed by atoms with Crippen LogP contribution in [0.15, 0.2) is 40.1 Å². The molecule has 3 aromatic heterocycles. The first-order valence-corrected chi connectivity index (χ1v) is 8.00. The van der Waals surface area contributed by atoms with Crippen LogP contribution in [0.4, 0.5) is 5.95 Å². The van der Waals surface area contributed by atoms with Gasteiger partial charge in [0.2, 0.25) is 5.95 Å². The molecule has 0 aliphatic carbocycles. The molecule has 0 aromatic carbocycles. The molecule has 3 rings (SSSR count). The Morgan fingerprint density at radius 1 is 1.25 bits per heavy atom. The Balaban J connectivity index is 1.97. The van der Waals surface area contributed by atoms with E-state index >= 15 is 0 Å². The van der Waals surface area contributed by atoms with Crippen molar-refractivity contribution < 1.29 is 0 Å². The topological polar surface area (TPSA) is 63.6 Å². The van der Waals surface area contributed by atoms with Crippen LogP contribution >= 0.6 is 23.1 Å². The van der Waals surface area contributed by atoms with Gasteiger partial charge in [0.25, 0.3) is 0 Å². The van der Waals surface area contributed by atoms with Gasteiger partial charge in [-0.3, -0.25) is 0 Å². The number of fused-ring (bicyclic) bond motifs is 1. The van der Waals surface area contributed by atoms with E-state index in [2.05, 4.69) is 32.2 Å². The van der Waals surface area contributed by atoms with Crippen LogP contribution in [-0.2, 0) is 0 Å². The predicted molar refractivity (Wildman–Crippen MR) is 82.4 cm³/mol. The number of hydrogen-bond acceptors (Lipinski definition) is 7. The molecule has 102 valence electrons. The first kappa shape index (κ1) is 13.3. The van der Waals surface area contributed by atoms with Crippen molar-refractivity contribution in [2.24, 2.45) is 0 Å². The van der Waals surface area contributed by atoms with Gasteiger partial charge < -0.3 is 5.32 Å². The molecule has 0 bridgehead atoms. The zero-order valence-electron chi connectivity index (χ0n) is 10.9. The van der Waals surface area contributed by atoms with Crippen LogP contribution in [0.3, 0.4) is 0 Å². The van der Waals surface area contributed by atoms with E-state index in [0.717, 1.165) is 28.2 Å². The maximum absolute atomic E-state index is 4.57. The number of thiophene rings is 1. The number of nitrogens with zero attached hydrogens (tertiary/aromatic N) is 4. The second-order valence-corrected chi connectivity index (χ2v) is 5.90. The predicted octanol–water partition coefficient (Wildman–Crippen LogP) is 3.45. The van der Waals surface area contributed by atoms with Gasteiger partial charge in [0, 0.05) is 24.3 Å². The van der Waals surface area contributed by atoms with Crippen molar-refractivity contribution in [2.75, 3.05) is 11.9 Å². The highest BCUT2D eigenvalue weighted by atomic mass is 32.2. The zero-order chi connectivity index (χ0) is 13.8. The molecule has 0 radical (unpaired) electrons. The van der Waals surface area contributed by atoms with E-state index in [1.165, 1.54) is 11.8 Å². The highest BCUT2D eigenvalue weighted by Gasteiger charge is 2.11. The summed E-state index contributed by atoms with van der Waals surface area (Å²) in [7, 11) is 0. The molecule has 0 amide bonds. The monoisotopic (exact) mass is 303 g/mol. The van der Waals surface area contributed by atoms with Crippen LogP contribution in [0.25, 0.3) is 10.2 Å². The van der Waals surface area contributed by atoms with Gasteiger partial charge in [-0.1, -0.05) is 6.92 Å². The van der Waals surface area contributed by atoms with Crippen LogP contribution in [0.5, 0.6) is 0 Å². The van der Waals surface area contributed by atoms with E-state index in [1.54, 1.807) is 29.8 Å². The quantitative estimate of drug-likeness (QED) is 0.575. The van der Waals surface area contributed by atoms with E-state index in [0.29, 0.717) is 11.1 Å². The molecule has 1 N–H and O–H groups in total. The Kier molecular flexibility index (Phi) is 4.08. The lowest BCUT2D eigenvalue weighted by Gasteiger charge is -2.06. The summed E-state index contributed by atoms with van der Waals surface area (Å²) in [5.41, 5.74) is 0. The van der Waals surface area contributed by atoms with E-state index < -0.39 is 0 Å². The van der Waals surface area contributed by atoms with Gasteiger partial charge in [0.15, 0.2) is 5.16 Å². The minimum Gasteiger partial charge on any atom is -0.354 e. The van der Waals surface area contributed by atoms with Gasteiger partial charge in [-0.15, -0.1) is 11.3 Å². The summed E-state index contributed by atoms with van der Waals surface area (Å²) >= 11 is 3.08. The Labute approximate surface area is 124 Å². The Morgan fingerprint density at radius 3 is 2.90 bits per heavy atom. The number of nitrogens with one attached hydrogen (secondary N) is 1. The fraction of sp³-hybridized carbons (Fsp3) is 0.231. The number of anilines is 1. The molecule has 0 aliphatic heterocycles. The molecule has 20 heavy (non-hydrogen) atoms. The number of rotatable bonds is 5. The summed E-state index contributed by atoms with van der Waals surface area (Å²) in [6.07, 6.45) is 4.51. The summed E-state index contributed by atoms with van der Waals surface area (Å²) in [6.45, 7) is 2.98. The summed E-state index contributed by atoms with van der Waals surface area (Å²) in [5, 5.41) is 7.89. The minimum absolute atomic E-state index is 0.667. The highest BCUT2D eigenvalue weighted by Crippen LogP contribution is 2.32. The van der Waals surface area contributed by atoms with Crippen molar-refractivity contribution >= 4 is 39.3 Å². The number of hydrogen-bond donors (Lipinski definition) is 1. The molecule has 0 saturated carbocycles. The molecule has 0 fully saturated rings. The molecule has 0 aliphatic rings. The van der Waals surface area contributed by atoms with Crippen molar-refractivity contribution in [2.45, 2.75) is 23.5 Å². The Hall–Kier alpha value is -1.73. The van der Waals surface area contributed by atoms with Crippen LogP contribution in [0.1, 0.15) is 13.3 Å². The lowest BCUT2D eigenvalue weighted by Crippen LogP contribution is -2.04. The summed E-state index contributed by atoms with van der Waals surface area (Å²) in [5.74, 6) is 0.667. The molecule has 0 atom stereocenters. The van der Waals surface area contributed by atoms with Gasteiger partial charge in [-0.05, 0) is 35.7 Å². The largest absolute Gasteiger partial charge is 0.354 e. The maximum Gasteiger partial charge on any atom is 0.225 e. The summed E-state index contributed by atoms with van der Waals surface area (Å²) in [4.78, 5) is 18.5. The molecular formula is C13H13N5S2. The van der Waals surface area contributed by atoms with Gasteiger partial charge in [-0.2, -0.15) is 0 Å².